The van der Waals surface area contributed by atoms with E-state index < -0.39 is 0 Å². The van der Waals surface area contributed by atoms with Crippen LogP contribution < -0.4 is 10.5 Å². The largest absolute Gasteiger partial charge is 0.369 e. The maximum atomic E-state index is 11.6. The van der Waals surface area contributed by atoms with Gasteiger partial charge in [0.25, 0.3) is 5.56 Å². The average Bonchev–Trinajstić information content (AvgIpc) is 2.73. The topological polar surface area (TPSA) is 55.5 Å². The highest BCUT2D eigenvalue weighted by atomic mass is 16.1. The predicted octanol–water partition coefficient (Wildman–Crippen LogP) is 1.77. The van der Waals surface area contributed by atoms with Crippen LogP contribution in [0.3, 0.4) is 0 Å². The van der Waals surface area contributed by atoms with Gasteiger partial charge in [0.05, 0.1) is 12.0 Å². The van der Waals surface area contributed by atoms with Gasteiger partial charge in [0.2, 0.25) is 0 Å². The Kier molecular flexibility index (Phi) is 5.84. The molecule has 27 heavy (non-hydrogen) atoms. The molecule has 1 N–H and O–H groups in total. The first-order valence-corrected chi connectivity index (χ1v) is 10.1. The van der Waals surface area contributed by atoms with Gasteiger partial charge in [-0.3, -0.25) is 9.69 Å². The number of nitrogens with one attached hydrogen (secondary N) is 1. The summed E-state index contributed by atoms with van der Waals surface area (Å²) in [6.45, 7) is 8.85. The van der Waals surface area contributed by atoms with Gasteiger partial charge < -0.3 is 14.8 Å². The summed E-state index contributed by atoms with van der Waals surface area (Å²) in [4.78, 5) is 26.2. The van der Waals surface area contributed by atoms with Gasteiger partial charge in [-0.05, 0) is 31.5 Å². The monoisotopic (exact) mass is 367 g/mol. The van der Waals surface area contributed by atoms with Crippen LogP contribution in [0.5, 0.6) is 0 Å². The number of anilines is 1. The first kappa shape index (κ1) is 18.2. The molecule has 2 aliphatic heterocycles. The van der Waals surface area contributed by atoms with Crippen LogP contribution in [0.4, 0.5) is 5.69 Å². The number of aromatic nitrogens is 2. The van der Waals surface area contributed by atoms with E-state index >= 15 is 0 Å². The molecular weight excluding hydrogens is 338 g/mol. The zero-order valence-electron chi connectivity index (χ0n) is 15.9. The van der Waals surface area contributed by atoms with Crippen molar-refractivity contribution < 1.29 is 0 Å². The maximum Gasteiger partial charge on any atom is 0.250 e. The maximum absolute atomic E-state index is 11.6. The molecule has 1 aromatic carbocycles. The number of para-hydroxylation sites is 1. The fourth-order valence-corrected chi connectivity index (χ4v) is 4.26. The average molecular weight is 367 g/mol. The van der Waals surface area contributed by atoms with Crippen LogP contribution in [0, 0.1) is 0 Å². The number of hydrogen-bond donors (Lipinski definition) is 1. The van der Waals surface area contributed by atoms with Crippen LogP contribution in [-0.2, 0) is 0 Å². The minimum Gasteiger partial charge on any atom is -0.369 e. The molecule has 144 valence electrons. The van der Waals surface area contributed by atoms with Crippen molar-refractivity contribution >= 4 is 5.69 Å². The molecule has 0 radical (unpaired) electrons. The molecule has 1 unspecified atom stereocenters. The summed E-state index contributed by atoms with van der Waals surface area (Å²) in [6, 6.07) is 12.4. The quantitative estimate of drug-likeness (QED) is 0.873. The third-order valence-corrected chi connectivity index (χ3v) is 5.85. The summed E-state index contributed by atoms with van der Waals surface area (Å²) in [7, 11) is 0. The fraction of sp³-hybridized carbons (Fsp3) is 0.524. The lowest BCUT2D eigenvalue weighted by molar-refractivity contribution is 0.165. The van der Waals surface area contributed by atoms with E-state index in [1.54, 1.807) is 6.07 Å². The summed E-state index contributed by atoms with van der Waals surface area (Å²) < 4.78 is 0. The Morgan fingerprint density at radius 3 is 2.56 bits per heavy atom. The van der Waals surface area contributed by atoms with Crippen molar-refractivity contribution in [1.82, 2.24) is 19.8 Å². The van der Waals surface area contributed by atoms with E-state index in [1.165, 1.54) is 18.4 Å². The van der Waals surface area contributed by atoms with Gasteiger partial charge in [-0.25, -0.2) is 4.98 Å². The highest BCUT2D eigenvalue weighted by Gasteiger charge is 2.23. The second kappa shape index (κ2) is 8.67. The standard InChI is InChI=1S/C21H29N5O/c27-21-15-20(22-17-23-21)18-5-4-8-25(16-18)10-9-24-11-13-26(14-12-24)19-6-2-1-3-7-19/h1-3,6-7,15,17-18H,4-5,8-14,16H2,(H,22,23,27). The van der Waals surface area contributed by atoms with Gasteiger partial charge in [0, 0.05) is 63.5 Å². The van der Waals surface area contributed by atoms with Crippen molar-refractivity contribution in [2.75, 3.05) is 57.3 Å². The molecule has 1 atom stereocenters. The molecule has 2 aromatic rings. The number of hydrogen-bond acceptors (Lipinski definition) is 5. The molecule has 0 spiro atoms. The van der Waals surface area contributed by atoms with Crippen LogP contribution in [0.1, 0.15) is 24.5 Å². The predicted molar refractivity (Wildman–Crippen MR) is 108 cm³/mol. The van der Waals surface area contributed by atoms with Crippen molar-refractivity contribution in [3.05, 3.63) is 58.8 Å². The minimum atomic E-state index is -0.0478. The van der Waals surface area contributed by atoms with Crippen molar-refractivity contribution in [1.29, 1.82) is 0 Å². The lowest BCUT2D eigenvalue weighted by Crippen LogP contribution is -2.49. The molecule has 6 nitrogen and oxygen atoms in total. The van der Waals surface area contributed by atoms with Crippen molar-refractivity contribution in [3.63, 3.8) is 0 Å². The molecule has 2 saturated heterocycles. The van der Waals surface area contributed by atoms with Gasteiger partial charge in [-0.15, -0.1) is 0 Å². The van der Waals surface area contributed by atoms with Crippen molar-refractivity contribution in [2.24, 2.45) is 0 Å². The lowest BCUT2D eigenvalue weighted by Gasteiger charge is -2.38. The van der Waals surface area contributed by atoms with Crippen LogP contribution in [0.2, 0.25) is 0 Å². The Hall–Kier alpha value is -2.18. The van der Waals surface area contributed by atoms with E-state index in [4.69, 9.17) is 0 Å². The molecule has 0 aliphatic carbocycles. The molecule has 3 heterocycles. The Morgan fingerprint density at radius 1 is 1.00 bits per heavy atom. The van der Waals surface area contributed by atoms with E-state index in [-0.39, 0.29) is 5.56 Å². The Bertz CT molecular complexity index is 769. The summed E-state index contributed by atoms with van der Waals surface area (Å²) in [5.74, 6) is 0.385. The molecule has 1 aromatic heterocycles. The summed E-state index contributed by atoms with van der Waals surface area (Å²) in [5.41, 5.74) is 2.23. The van der Waals surface area contributed by atoms with Crippen molar-refractivity contribution in [2.45, 2.75) is 18.8 Å². The molecule has 2 fully saturated rings. The minimum absolute atomic E-state index is 0.0478. The van der Waals surface area contributed by atoms with Gasteiger partial charge in [0.1, 0.15) is 0 Å². The zero-order chi connectivity index (χ0) is 18.5. The number of aromatic amines is 1. The van der Waals surface area contributed by atoms with E-state index in [0.29, 0.717) is 5.92 Å². The van der Waals surface area contributed by atoms with Crippen LogP contribution in [0.25, 0.3) is 0 Å². The van der Waals surface area contributed by atoms with E-state index in [2.05, 4.69) is 55.0 Å². The zero-order valence-corrected chi connectivity index (χ0v) is 15.9. The normalized spacial score (nSPS) is 22.1. The third kappa shape index (κ3) is 4.76. The van der Waals surface area contributed by atoms with Gasteiger partial charge >= 0.3 is 0 Å². The number of piperazine rings is 1. The number of H-pyrrole nitrogens is 1. The Morgan fingerprint density at radius 2 is 1.78 bits per heavy atom. The summed E-state index contributed by atoms with van der Waals surface area (Å²) >= 11 is 0. The lowest BCUT2D eigenvalue weighted by atomic mass is 9.94. The molecular formula is C21H29N5O. The van der Waals surface area contributed by atoms with Crippen molar-refractivity contribution in [3.8, 4) is 0 Å². The van der Waals surface area contributed by atoms with E-state index in [1.807, 2.05) is 0 Å². The molecule has 4 rings (SSSR count). The molecule has 2 aliphatic rings. The molecule has 6 heteroatoms. The number of likely N-dealkylation sites (tertiary alicyclic amines) is 1. The van der Waals surface area contributed by atoms with E-state index in [9.17, 15) is 4.79 Å². The second-order valence-corrected chi connectivity index (χ2v) is 7.64. The van der Waals surface area contributed by atoms with Gasteiger partial charge in [-0.1, -0.05) is 18.2 Å². The number of piperidine rings is 1. The highest BCUT2D eigenvalue weighted by Crippen LogP contribution is 2.24. The number of rotatable bonds is 5. The smallest absolute Gasteiger partial charge is 0.250 e. The first-order valence-electron chi connectivity index (χ1n) is 10.1. The van der Waals surface area contributed by atoms with Gasteiger partial charge in [0.15, 0.2) is 0 Å². The highest BCUT2D eigenvalue weighted by molar-refractivity contribution is 5.46. The second-order valence-electron chi connectivity index (χ2n) is 7.64. The van der Waals surface area contributed by atoms with E-state index in [0.717, 1.165) is 64.5 Å². The molecule has 0 amide bonds. The molecule has 0 bridgehead atoms. The first-order chi connectivity index (χ1) is 13.3. The number of nitrogens with zero attached hydrogens (tertiary/aromatic N) is 4. The Balaban J connectivity index is 1.24. The van der Waals surface area contributed by atoms with Crippen LogP contribution in [0.15, 0.2) is 47.5 Å². The van der Waals surface area contributed by atoms with Crippen LogP contribution in [-0.4, -0.2) is 72.1 Å². The van der Waals surface area contributed by atoms with Gasteiger partial charge in [-0.2, -0.15) is 0 Å². The SMILES string of the molecule is O=c1cc(C2CCCN(CCN3CCN(c4ccccc4)CC3)C2)nc[nH]1. The third-order valence-electron chi connectivity index (χ3n) is 5.85. The van der Waals surface area contributed by atoms with Crippen LogP contribution >= 0.6 is 0 Å². The fourth-order valence-electron chi connectivity index (χ4n) is 4.26. The summed E-state index contributed by atoms with van der Waals surface area (Å²) in [6.07, 6.45) is 3.84. The molecule has 0 saturated carbocycles. The summed E-state index contributed by atoms with van der Waals surface area (Å²) in [5, 5.41) is 0. The number of benzene rings is 1. The Labute approximate surface area is 160 Å².